The zero-order chi connectivity index (χ0) is 15.2. The van der Waals surface area contributed by atoms with Gasteiger partial charge in [0, 0.05) is 6.04 Å². The highest BCUT2D eigenvalue weighted by Crippen LogP contribution is 2.22. The maximum absolute atomic E-state index is 10.9. The molecule has 21 heavy (non-hydrogen) atoms. The first-order chi connectivity index (χ1) is 10.1. The SMILES string of the molecule is CC(CCc1ccccc1)Nc1nc(N)ncc1[N+](=O)[O-]. The minimum Gasteiger partial charge on any atom is -0.368 e. The van der Waals surface area contributed by atoms with Crippen molar-refractivity contribution in [2.75, 3.05) is 11.1 Å². The molecule has 3 N–H and O–H groups in total. The van der Waals surface area contributed by atoms with Gasteiger partial charge >= 0.3 is 5.69 Å². The molecule has 1 heterocycles. The Bertz CT molecular complexity index is 618. The average molecular weight is 287 g/mol. The molecule has 1 aromatic heterocycles. The third kappa shape index (κ3) is 4.13. The molecule has 0 aliphatic carbocycles. The van der Waals surface area contributed by atoms with Gasteiger partial charge < -0.3 is 11.1 Å². The van der Waals surface area contributed by atoms with Crippen LogP contribution in [0.1, 0.15) is 18.9 Å². The van der Waals surface area contributed by atoms with E-state index >= 15 is 0 Å². The van der Waals surface area contributed by atoms with Gasteiger partial charge in [-0.1, -0.05) is 30.3 Å². The summed E-state index contributed by atoms with van der Waals surface area (Å²) in [7, 11) is 0. The van der Waals surface area contributed by atoms with Crippen molar-refractivity contribution < 1.29 is 4.92 Å². The molecule has 0 fully saturated rings. The quantitative estimate of drug-likeness (QED) is 0.624. The van der Waals surface area contributed by atoms with Gasteiger partial charge in [0.2, 0.25) is 11.8 Å². The summed E-state index contributed by atoms with van der Waals surface area (Å²) >= 11 is 0. The number of nitrogens with one attached hydrogen (secondary N) is 1. The molecule has 7 heteroatoms. The Balaban J connectivity index is 2.01. The van der Waals surface area contributed by atoms with Crippen LogP contribution in [-0.2, 0) is 6.42 Å². The number of nitrogens with zero attached hydrogens (tertiary/aromatic N) is 3. The summed E-state index contributed by atoms with van der Waals surface area (Å²) in [6.45, 7) is 1.95. The largest absolute Gasteiger partial charge is 0.368 e. The Morgan fingerprint density at radius 1 is 1.38 bits per heavy atom. The van der Waals surface area contributed by atoms with Gasteiger partial charge in [-0.05, 0) is 25.3 Å². The van der Waals surface area contributed by atoms with Gasteiger partial charge in [-0.2, -0.15) is 4.98 Å². The van der Waals surface area contributed by atoms with Crippen molar-refractivity contribution in [2.45, 2.75) is 25.8 Å². The summed E-state index contributed by atoms with van der Waals surface area (Å²) in [5, 5.41) is 14.0. The minimum atomic E-state index is -0.522. The molecule has 0 spiro atoms. The van der Waals surface area contributed by atoms with Crippen LogP contribution in [-0.4, -0.2) is 20.9 Å². The lowest BCUT2D eigenvalue weighted by Gasteiger charge is -2.14. The molecular weight excluding hydrogens is 270 g/mol. The fourth-order valence-corrected chi connectivity index (χ4v) is 1.96. The normalized spacial score (nSPS) is 11.9. The number of aromatic nitrogens is 2. The first-order valence-corrected chi connectivity index (χ1v) is 6.63. The summed E-state index contributed by atoms with van der Waals surface area (Å²) in [6.07, 6.45) is 2.82. The van der Waals surface area contributed by atoms with Crippen LogP contribution >= 0.6 is 0 Å². The standard InChI is InChI=1S/C14H17N5O2/c1-10(7-8-11-5-3-2-4-6-11)17-13-12(19(20)21)9-16-14(15)18-13/h2-6,9-10H,7-8H2,1H3,(H3,15,16,17,18). The number of nitrogens with two attached hydrogens (primary N) is 1. The zero-order valence-electron chi connectivity index (χ0n) is 11.7. The van der Waals surface area contributed by atoms with E-state index in [0.717, 1.165) is 19.0 Å². The van der Waals surface area contributed by atoms with Gasteiger partial charge in [-0.3, -0.25) is 10.1 Å². The maximum atomic E-state index is 10.9. The van der Waals surface area contributed by atoms with E-state index in [4.69, 9.17) is 5.73 Å². The van der Waals surface area contributed by atoms with Crippen molar-refractivity contribution in [1.29, 1.82) is 0 Å². The van der Waals surface area contributed by atoms with Crippen LogP contribution < -0.4 is 11.1 Å². The summed E-state index contributed by atoms with van der Waals surface area (Å²) in [4.78, 5) is 18.0. The number of rotatable bonds is 6. The molecule has 0 radical (unpaired) electrons. The highest BCUT2D eigenvalue weighted by Gasteiger charge is 2.18. The second-order valence-corrected chi connectivity index (χ2v) is 4.79. The average Bonchev–Trinajstić information content (AvgIpc) is 2.46. The molecule has 0 amide bonds. The van der Waals surface area contributed by atoms with Crippen molar-refractivity contribution in [3.63, 3.8) is 0 Å². The molecule has 0 aliphatic rings. The lowest BCUT2D eigenvalue weighted by Crippen LogP contribution is -2.18. The Morgan fingerprint density at radius 3 is 2.76 bits per heavy atom. The molecule has 110 valence electrons. The van der Waals surface area contributed by atoms with Gasteiger partial charge in [0.1, 0.15) is 6.20 Å². The first kappa shape index (κ1) is 14.7. The third-order valence-electron chi connectivity index (χ3n) is 3.08. The number of hydrogen-bond acceptors (Lipinski definition) is 6. The lowest BCUT2D eigenvalue weighted by atomic mass is 10.1. The smallest absolute Gasteiger partial charge is 0.329 e. The number of benzene rings is 1. The summed E-state index contributed by atoms with van der Waals surface area (Å²) in [5.74, 6) is 0.173. The van der Waals surface area contributed by atoms with E-state index in [2.05, 4.69) is 27.4 Å². The molecule has 2 rings (SSSR count). The van der Waals surface area contributed by atoms with E-state index in [1.165, 1.54) is 5.56 Å². The number of nitrogen functional groups attached to an aromatic ring is 1. The highest BCUT2D eigenvalue weighted by atomic mass is 16.6. The number of aryl methyl sites for hydroxylation is 1. The van der Waals surface area contributed by atoms with E-state index in [-0.39, 0.29) is 23.5 Å². The van der Waals surface area contributed by atoms with Crippen LogP contribution in [0.25, 0.3) is 0 Å². The topological polar surface area (TPSA) is 107 Å². The monoisotopic (exact) mass is 287 g/mol. The van der Waals surface area contributed by atoms with Crippen LogP contribution in [0, 0.1) is 10.1 Å². The molecule has 0 aliphatic heterocycles. The van der Waals surface area contributed by atoms with Gasteiger partial charge in [-0.25, -0.2) is 4.98 Å². The molecule has 0 saturated carbocycles. The molecule has 0 saturated heterocycles. The molecule has 0 bridgehead atoms. The van der Waals surface area contributed by atoms with Crippen molar-refractivity contribution in [3.8, 4) is 0 Å². The fraction of sp³-hybridized carbons (Fsp3) is 0.286. The minimum absolute atomic E-state index is 0.0124. The van der Waals surface area contributed by atoms with Crippen LogP contribution in [0.4, 0.5) is 17.5 Å². The number of nitro groups is 1. The fourth-order valence-electron chi connectivity index (χ4n) is 1.96. The van der Waals surface area contributed by atoms with Crippen LogP contribution in [0.15, 0.2) is 36.5 Å². The molecule has 2 aromatic rings. The Kier molecular flexibility index (Phi) is 4.65. The second kappa shape index (κ2) is 6.65. The van der Waals surface area contributed by atoms with E-state index in [9.17, 15) is 10.1 Å². The van der Waals surface area contributed by atoms with Gasteiger partial charge in [0.25, 0.3) is 0 Å². The van der Waals surface area contributed by atoms with E-state index in [1.807, 2.05) is 25.1 Å². The molecule has 7 nitrogen and oxygen atoms in total. The third-order valence-corrected chi connectivity index (χ3v) is 3.08. The molecule has 1 aromatic carbocycles. The molecule has 1 atom stereocenters. The summed E-state index contributed by atoms with van der Waals surface area (Å²) in [5.41, 5.74) is 6.54. The van der Waals surface area contributed by atoms with Crippen LogP contribution in [0.2, 0.25) is 0 Å². The zero-order valence-corrected chi connectivity index (χ0v) is 11.7. The van der Waals surface area contributed by atoms with Crippen LogP contribution in [0.5, 0.6) is 0 Å². The predicted octanol–water partition coefficient (Wildman–Crippen LogP) is 2.40. The highest BCUT2D eigenvalue weighted by molar-refractivity contribution is 5.56. The van der Waals surface area contributed by atoms with Gasteiger partial charge in [0.05, 0.1) is 4.92 Å². The summed E-state index contributed by atoms with van der Waals surface area (Å²) < 4.78 is 0. The lowest BCUT2D eigenvalue weighted by molar-refractivity contribution is -0.384. The molecule has 1 unspecified atom stereocenters. The van der Waals surface area contributed by atoms with Crippen molar-refractivity contribution in [3.05, 3.63) is 52.2 Å². The van der Waals surface area contributed by atoms with Gasteiger partial charge in [-0.15, -0.1) is 0 Å². The predicted molar refractivity (Wildman–Crippen MR) is 80.9 cm³/mol. The van der Waals surface area contributed by atoms with Crippen molar-refractivity contribution >= 4 is 17.5 Å². The van der Waals surface area contributed by atoms with Gasteiger partial charge in [0.15, 0.2) is 0 Å². The summed E-state index contributed by atoms with van der Waals surface area (Å²) in [6, 6.07) is 10.1. The first-order valence-electron chi connectivity index (χ1n) is 6.63. The van der Waals surface area contributed by atoms with Crippen molar-refractivity contribution in [1.82, 2.24) is 9.97 Å². The maximum Gasteiger partial charge on any atom is 0.329 e. The Labute approximate surface area is 122 Å². The van der Waals surface area contributed by atoms with E-state index in [1.54, 1.807) is 0 Å². The van der Waals surface area contributed by atoms with Crippen molar-refractivity contribution in [2.24, 2.45) is 0 Å². The van der Waals surface area contributed by atoms with E-state index in [0.29, 0.717) is 0 Å². The molecular formula is C14H17N5O2. The Morgan fingerprint density at radius 2 is 2.10 bits per heavy atom. The van der Waals surface area contributed by atoms with Crippen LogP contribution in [0.3, 0.4) is 0 Å². The second-order valence-electron chi connectivity index (χ2n) is 4.79. The number of hydrogen-bond donors (Lipinski definition) is 2. The Hall–Kier alpha value is -2.70. The van der Waals surface area contributed by atoms with E-state index < -0.39 is 4.92 Å². The number of anilines is 2.